The van der Waals surface area contributed by atoms with E-state index >= 15 is 0 Å². The van der Waals surface area contributed by atoms with Crippen LogP contribution in [0, 0.1) is 11.8 Å². The highest BCUT2D eigenvalue weighted by Crippen LogP contribution is 2.20. The molecule has 0 aromatic heterocycles. The van der Waals surface area contributed by atoms with Crippen LogP contribution >= 0.6 is 11.8 Å². The van der Waals surface area contributed by atoms with E-state index in [1.54, 1.807) is 16.7 Å². The van der Waals surface area contributed by atoms with Crippen molar-refractivity contribution in [1.29, 1.82) is 0 Å². The quantitative estimate of drug-likeness (QED) is 0.0532. The largest absolute Gasteiger partial charge is 0.481 e. The van der Waals surface area contributed by atoms with Gasteiger partial charge in [-0.05, 0) is 78.3 Å². The van der Waals surface area contributed by atoms with Crippen LogP contribution in [0.25, 0.3) is 0 Å². The van der Waals surface area contributed by atoms with E-state index in [4.69, 9.17) is 0 Å². The zero-order valence-corrected chi connectivity index (χ0v) is 30.9. The number of amides is 1. The van der Waals surface area contributed by atoms with Gasteiger partial charge in [-0.25, -0.2) is 0 Å². The highest BCUT2D eigenvalue weighted by Gasteiger charge is 2.23. The minimum Gasteiger partial charge on any atom is -0.481 e. The van der Waals surface area contributed by atoms with Gasteiger partial charge in [0, 0.05) is 25.4 Å². The van der Waals surface area contributed by atoms with Crippen molar-refractivity contribution in [3.8, 4) is 0 Å². The van der Waals surface area contributed by atoms with Crippen LogP contribution in [0.5, 0.6) is 0 Å². The fourth-order valence-corrected chi connectivity index (χ4v) is 6.39. The van der Waals surface area contributed by atoms with Crippen molar-refractivity contribution >= 4 is 29.6 Å². The van der Waals surface area contributed by atoms with Gasteiger partial charge in [0.2, 0.25) is 5.91 Å². The molecule has 268 valence electrons. The first-order valence-corrected chi connectivity index (χ1v) is 19.6. The molecule has 7 nitrogen and oxygen atoms in total. The molecule has 46 heavy (non-hydrogen) atoms. The van der Waals surface area contributed by atoms with Crippen LogP contribution in [0.4, 0.5) is 0 Å². The summed E-state index contributed by atoms with van der Waals surface area (Å²) in [5.41, 5.74) is 0. The Labute approximate surface area is 287 Å². The van der Waals surface area contributed by atoms with Crippen LogP contribution in [0.2, 0.25) is 0 Å². The Hall–Kier alpha value is -1.80. The second kappa shape index (κ2) is 31.8. The lowest BCUT2D eigenvalue weighted by Gasteiger charge is -2.26. The maximum absolute atomic E-state index is 13.2. The fraction of sp³-hybridized carbons (Fsp3) is 0.816. The van der Waals surface area contributed by atoms with Gasteiger partial charge in [-0.2, -0.15) is 11.8 Å². The number of unbranched alkanes of at least 4 members (excludes halogenated alkanes) is 12. The lowest BCUT2D eigenvalue weighted by molar-refractivity contribution is -0.143. The molecular formula is C38H70N2O5S. The van der Waals surface area contributed by atoms with E-state index in [2.05, 4.69) is 43.1 Å². The van der Waals surface area contributed by atoms with Crippen LogP contribution < -0.4 is 0 Å². The average molecular weight is 667 g/mol. The van der Waals surface area contributed by atoms with Crippen molar-refractivity contribution in [2.24, 2.45) is 11.8 Å². The Kier molecular flexibility index (Phi) is 30.5. The molecular weight excluding hydrogens is 596 g/mol. The number of rotatable bonds is 33. The van der Waals surface area contributed by atoms with Gasteiger partial charge in [0.1, 0.15) is 0 Å². The molecule has 2 N–H and O–H groups in total. The van der Waals surface area contributed by atoms with Crippen molar-refractivity contribution in [2.45, 2.75) is 142 Å². The summed E-state index contributed by atoms with van der Waals surface area (Å²) in [6.07, 6.45) is 28.8. The maximum Gasteiger partial charge on any atom is 0.306 e. The number of hydrogen-bond acceptors (Lipinski definition) is 5. The zero-order chi connectivity index (χ0) is 34.3. The number of nitrogens with zero attached hydrogens (tertiary/aromatic N) is 2. The number of carbonyl (C=O) groups excluding carboxylic acids is 1. The van der Waals surface area contributed by atoms with E-state index in [1.165, 1.54) is 25.7 Å². The monoisotopic (exact) mass is 667 g/mol. The molecule has 0 heterocycles. The number of carboxylic acid groups (broad SMARTS) is 2. The van der Waals surface area contributed by atoms with Gasteiger partial charge < -0.3 is 20.0 Å². The molecule has 0 spiro atoms. The molecule has 1 amide bonds. The van der Waals surface area contributed by atoms with Crippen molar-refractivity contribution in [2.75, 3.05) is 45.2 Å². The first kappa shape index (κ1) is 44.2. The molecule has 0 radical (unpaired) electrons. The second-order valence-corrected chi connectivity index (χ2v) is 14.2. The van der Waals surface area contributed by atoms with E-state index in [0.29, 0.717) is 44.5 Å². The number of carbonyl (C=O) groups is 3. The molecule has 0 aliphatic rings. The number of allylic oxidation sites excluding steroid dienone is 4. The molecule has 0 bridgehead atoms. The maximum atomic E-state index is 13.2. The van der Waals surface area contributed by atoms with Gasteiger partial charge in [-0.15, -0.1) is 0 Å². The Morgan fingerprint density at radius 2 is 1.00 bits per heavy atom. The molecule has 0 aliphatic carbocycles. The van der Waals surface area contributed by atoms with Crippen molar-refractivity contribution in [3.05, 3.63) is 24.3 Å². The molecule has 0 saturated heterocycles. The molecule has 0 fully saturated rings. The van der Waals surface area contributed by atoms with Gasteiger partial charge in [0.15, 0.2) is 0 Å². The average Bonchev–Trinajstić information content (AvgIpc) is 3.02. The molecule has 0 aliphatic heterocycles. The Morgan fingerprint density at radius 3 is 1.39 bits per heavy atom. The van der Waals surface area contributed by atoms with Crippen LogP contribution in [0.3, 0.4) is 0 Å². The molecule has 0 rings (SSSR count). The predicted octanol–water partition coefficient (Wildman–Crippen LogP) is 9.47. The molecule has 0 aromatic rings. The Balaban J connectivity index is 4.83. The van der Waals surface area contributed by atoms with Crippen LogP contribution in [0.15, 0.2) is 24.3 Å². The number of thioether (sulfide) groups is 1. The summed E-state index contributed by atoms with van der Waals surface area (Å²) >= 11 is 1.58. The highest BCUT2D eigenvalue weighted by molar-refractivity contribution is 7.99. The normalized spacial score (nSPS) is 13.2. The zero-order valence-electron chi connectivity index (χ0n) is 30.1. The smallest absolute Gasteiger partial charge is 0.306 e. The van der Waals surface area contributed by atoms with Gasteiger partial charge in [-0.1, -0.05) is 102 Å². The summed E-state index contributed by atoms with van der Waals surface area (Å²) in [7, 11) is 4.01. The standard InChI is InChI=1S/C38H70N2O5S/c1-5-7-9-11-13-15-17-19-21-23-25-34(37(42)43)27-29-40(36(41)33-46-32-31-39(3)4)30-28-35(38(44)45)26-24-22-20-18-16-14-12-10-8-6-2/h11-14,34-35H,5-10,15-33H2,1-4H3,(H,42,43)(H,44,45)/b13-11-,14-12-. The van der Waals surface area contributed by atoms with Gasteiger partial charge >= 0.3 is 11.9 Å². The third-order valence-electron chi connectivity index (χ3n) is 8.58. The summed E-state index contributed by atoms with van der Waals surface area (Å²) in [6, 6.07) is 0. The predicted molar refractivity (Wildman–Crippen MR) is 197 cm³/mol. The Bertz CT molecular complexity index is 765. The van der Waals surface area contributed by atoms with E-state index in [1.807, 2.05) is 14.1 Å². The summed E-state index contributed by atoms with van der Waals surface area (Å²) in [5.74, 6) is -1.41. The molecule has 2 unspecified atom stereocenters. The number of hydrogen-bond donors (Lipinski definition) is 2. The van der Waals surface area contributed by atoms with Crippen LogP contribution in [-0.4, -0.2) is 83.1 Å². The third kappa shape index (κ3) is 27.3. The lowest BCUT2D eigenvalue weighted by atomic mass is 9.95. The van der Waals surface area contributed by atoms with E-state index in [0.717, 1.165) is 89.3 Å². The van der Waals surface area contributed by atoms with Crippen molar-refractivity contribution in [3.63, 3.8) is 0 Å². The summed E-state index contributed by atoms with van der Waals surface area (Å²) in [6.45, 7) is 6.02. The summed E-state index contributed by atoms with van der Waals surface area (Å²) in [5, 5.41) is 19.8. The van der Waals surface area contributed by atoms with Crippen LogP contribution in [-0.2, 0) is 14.4 Å². The minimum absolute atomic E-state index is 0.0176. The minimum atomic E-state index is -0.800. The second-order valence-electron chi connectivity index (χ2n) is 13.1. The fourth-order valence-electron chi connectivity index (χ4n) is 5.39. The van der Waals surface area contributed by atoms with E-state index < -0.39 is 23.8 Å². The number of carboxylic acids is 2. The van der Waals surface area contributed by atoms with Crippen molar-refractivity contribution in [1.82, 2.24) is 9.80 Å². The summed E-state index contributed by atoms with van der Waals surface area (Å²) in [4.78, 5) is 41.2. The SMILES string of the molecule is CCCC/C=C\CCCCCCC(CCN(CCC(CCCCCC/C=C\CCCC)C(=O)O)C(=O)CSCCN(C)C)C(=O)O. The summed E-state index contributed by atoms with van der Waals surface area (Å²) < 4.78 is 0. The molecule has 0 aromatic carbocycles. The topological polar surface area (TPSA) is 98.2 Å². The first-order chi connectivity index (χ1) is 22.2. The van der Waals surface area contributed by atoms with E-state index in [-0.39, 0.29) is 5.91 Å². The lowest BCUT2D eigenvalue weighted by Crippen LogP contribution is -2.37. The Morgan fingerprint density at radius 1 is 0.587 bits per heavy atom. The third-order valence-corrected chi connectivity index (χ3v) is 9.51. The van der Waals surface area contributed by atoms with Gasteiger partial charge in [-0.3, -0.25) is 14.4 Å². The first-order valence-electron chi connectivity index (χ1n) is 18.5. The van der Waals surface area contributed by atoms with Crippen molar-refractivity contribution < 1.29 is 24.6 Å². The molecule has 2 atom stereocenters. The van der Waals surface area contributed by atoms with Crippen LogP contribution in [0.1, 0.15) is 142 Å². The molecule has 0 saturated carbocycles. The number of aliphatic carboxylic acids is 2. The van der Waals surface area contributed by atoms with Gasteiger partial charge in [0.25, 0.3) is 0 Å². The highest BCUT2D eigenvalue weighted by atomic mass is 32.2. The van der Waals surface area contributed by atoms with Gasteiger partial charge in [0.05, 0.1) is 17.6 Å². The molecule has 8 heteroatoms. The van der Waals surface area contributed by atoms with E-state index in [9.17, 15) is 24.6 Å².